The molecule has 25 heavy (non-hydrogen) atoms. The largest absolute Gasteiger partial charge is 0.465 e. The third-order valence-electron chi connectivity index (χ3n) is 5.58. The first-order valence-corrected chi connectivity index (χ1v) is 8.78. The Balaban J connectivity index is 1.60. The van der Waals surface area contributed by atoms with Crippen molar-refractivity contribution >= 4 is 23.5 Å². The lowest BCUT2D eigenvalue weighted by Gasteiger charge is -2.28. The van der Waals surface area contributed by atoms with Crippen LogP contribution in [-0.2, 0) is 14.3 Å². The summed E-state index contributed by atoms with van der Waals surface area (Å²) in [6.45, 7) is 1.97. The quantitative estimate of drug-likeness (QED) is 0.649. The molecule has 0 radical (unpaired) electrons. The van der Waals surface area contributed by atoms with Crippen LogP contribution >= 0.6 is 0 Å². The molecule has 2 fully saturated rings. The SMILES string of the molecule is COC(=O)c1ccccc1NC(=O)C(=O)NC(C)C1CC2CCC1C2. The van der Waals surface area contributed by atoms with E-state index in [1.165, 1.54) is 32.4 Å². The maximum atomic E-state index is 12.2. The van der Waals surface area contributed by atoms with Gasteiger partial charge in [0.05, 0.1) is 18.4 Å². The van der Waals surface area contributed by atoms with Crippen LogP contribution in [0.3, 0.4) is 0 Å². The van der Waals surface area contributed by atoms with E-state index in [9.17, 15) is 14.4 Å². The Kier molecular flexibility index (Phi) is 5.06. The molecule has 0 heterocycles. The predicted molar refractivity (Wildman–Crippen MR) is 93.0 cm³/mol. The van der Waals surface area contributed by atoms with Crippen LogP contribution in [0.1, 0.15) is 43.0 Å². The number of fused-ring (bicyclic) bond motifs is 2. The fourth-order valence-electron chi connectivity index (χ4n) is 4.34. The summed E-state index contributed by atoms with van der Waals surface area (Å²) in [5.41, 5.74) is 0.481. The van der Waals surface area contributed by atoms with Crippen molar-refractivity contribution in [2.24, 2.45) is 17.8 Å². The fraction of sp³-hybridized carbons (Fsp3) is 0.526. The van der Waals surface area contributed by atoms with Gasteiger partial charge >= 0.3 is 17.8 Å². The van der Waals surface area contributed by atoms with Gasteiger partial charge in [-0.1, -0.05) is 18.6 Å². The first kappa shape index (κ1) is 17.5. The van der Waals surface area contributed by atoms with Crippen LogP contribution in [0.4, 0.5) is 5.69 Å². The van der Waals surface area contributed by atoms with E-state index < -0.39 is 17.8 Å². The van der Waals surface area contributed by atoms with Gasteiger partial charge in [-0.05, 0) is 56.1 Å². The third kappa shape index (κ3) is 3.67. The minimum atomic E-state index is -0.772. The number of hydrogen-bond acceptors (Lipinski definition) is 4. The molecule has 4 atom stereocenters. The van der Waals surface area contributed by atoms with Crippen molar-refractivity contribution in [1.29, 1.82) is 0 Å². The van der Waals surface area contributed by atoms with Crippen LogP contribution in [0, 0.1) is 17.8 Å². The summed E-state index contributed by atoms with van der Waals surface area (Å²) in [6.07, 6.45) is 4.92. The Hall–Kier alpha value is -2.37. The average Bonchev–Trinajstić information content (AvgIpc) is 3.24. The van der Waals surface area contributed by atoms with Gasteiger partial charge in [0.2, 0.25) is 0 Å². The van der Waals surface area contributed by atoms with E-state index in [0.29, 0.717) is 11.8 Å². The van der Waals surface area contributed by atoms with Gasteiger partial charge in [-0.25, -0.2) is 4.79 Å². The van der Waals surface area contributed by atoms with Crippen molar-refractivity contribution in [3.8, 4) is 0 Å². The van der Waals surface area contributed by atoms with E-state index in [4.69, 9.17) is 0 Å². The number of carbonyl (C=O) groups excluding carboxylic acids is 3. The summed E-state index contributed by atoms with van der Waals surface area (Å²) in [7, 11) is 1.27. The highest BCUT2D eigenvalue weighted by Crippen LogP contribution is 2.49. The number of methoxy groups -OCH3 is 1. The zero-order chi connectivity index (χ0) is 18.0. The second-order valence-electron chi connectivity index (χ2n) is 7.09. The summed E-state index contributed by atoms with van der Waals surface area (Å²) in [6, 6.07) is 6.43. The molecule has 1 aromatic rings. The van der Waals surface area contributed by atoms with Crippen LogP contribution in [-0.4, -0.2) is 30.9 Å². The third-order valence-corrected chi connectivity index (χ3v) is 5.58. The van der Waals surface area contributed by atoms with Crippen LogP contribution in [0.25, 0.3) is 0 Å². The van der Waals surface area contributed by atoms with E-state index in [0.717, 1.165) is 12.3 Å². The maximum absolute atomic E-state index is 12.2. The van der Waals surface area contributed by atoms with Crippen molar-refractivity contribution < 1.29 is 19.1 Å². The molecule has 2 bridgehead atoms. The van der Waals surface area contributed by atoms with Gasteiger partial charge in [0, 0.05) is 6.04 Å². The van der Waals surface area contributed by atoms with Gasteiger partial charge in [-0.15, -0.1) is 0 Å². The Labute approximate surface area is 147 Å². The summed E-state index contributed by atoms with van der Waals surface area (Å²) < 4.78 is 4.69. The Bertz CT molecular complexity index is 688. The molecule has 1 aromatic carbocycles. The van der Waals surface area contributed by atoms with Crippen LogP contribution < -0.4 is 10.6 Å². The Morgan fingerprint density at radius 1 is 1.12 bits per heavy atom. The summed E-state index contributed by atoms with van der Waals surface area (Å²) in [5, 5.41) is 5.33. The summed E-state index contributed by atoms with van der Waals surface area (Å²) >= 11 is 0. The highest BCUT2D eigenvalue weighted by atomic mass is 16.5. The summed E-state index contributed by atoms with van der Waals surface area (Å²) in [4.78, 5) is 36.2. The molecule has 134 valence electrons. The second-order valence-corrected chi connectivity index (χ2v) is 7.09. The van der Waals surface area contributed by atoms with E-state index in [1.54, 1.807) is 18.2 Å². The Morgan fingerprint density at radius 3 is 2.52 bits per heavy atom. The van der Waals surface area contributed by atoms with Gasteiger partial charge in [0.15, 0.2) is 0 Å². The number of anilines is 1. The number of rotatable bonds is 4. The predicted octanol–water partition coefficient (Wildman–Crippen LogP) is 2.35. The lowest BCUT2D eigenvalue weighted by Crippen LogP contribution is -2.45. The van der Waals surface area contributed by atoms with Crippen molar-refractivity contribution in [2.45, 2.75) is 38.6 Å². The molecule has 2 amide bonds. The van der Waals surface area contributed by atoms with Gasteiger partial charge in [0.1, 0.15) is 0 Å². The zero-order valence-corrected chi connectivity index (χ0v) is 14.6. The number of nitrogens with one attached hydrogen (secondary N) is 2. The number of para-hydroxylation sites is 1. The first-order chi connectivity index (χ1) is 12.0. The minimum absolute atomic E-state index is 0.0237. The van der Waals surface area contributed by atoms with Gasteiger partial charge in [-0.2, -0.15) is 0 Å². The molecule has 6 nitrogen and oxygen atoms in total. The molecule has 0 spiro atoms. The Morgan fingerprint density at radius 2 is 1.88 bits per heavy atom. The number of benzene rings is 1. The average molecular weight is 344 g/mol. The normalized spacial score (nSPS) is 25.3. The monoisotopic (exact) mass is 344 g/mol. The van der Waals surface area contributed by atoms with E-state index in [-0.39, 0.29) is 17.3 Å². The van der Waals surface area contributed by atoms with Crippen molar-refractivity contribution in [3.05, 3.63) is 29.8 Å². The lowest BCUT2D eigenvalue weighted by molar-refractivity contribution is -0.136. The number of amides is 2. The smallest absolute Gasteiger partial charge is 0.339 e. The number of hydrogen-bond donors (Lipinski definition) is 2. The lowest BCUT2D eigenvalue weighted by atomic mass is 9.84. The van der Waals surface area contributed by atoms with Crippen molar-refractivity contribution in [3.63, 3.8) is 0 Å². The van der Waals surface area contributed by atoms with Crippen LogP contribution in [0.5, 0.6) is 0 Å². The molecule has 2 aliphatic rings. The van der Waals surface area contributed by atoms with Crippen molar-refractivity contribution in [2.75, 3.05) is 12.4 Å². The first-order valence-electron chi connectivity index (χ1n) is 8.78. The molecule has 0 aliphatic heterocycles. The fourth-order valence-corrected chi connectivity index (χ4v) is 4.34. The number of carbonyl (C=O) groups is 3. The van der Waals surface area contributed by atoms with Crippen molar-refractivity contribution in [1.82, 2.24) is 5.32 Å². The molecule has 2 N–H and O–H groups in total. The molecule has 2 saturated carbocycles. The standard InChI is InChI=1S/C19H24N2O4/c1-11(15-10-12-7-8-13(15)9-12)20-17(22)18(23)21-16-6-4-3-5-14(16)19(24)25-2/h3-6,11-13,15H,7-10H2,1-2H3,(H,20,22)(H,21,23). The highest BCUT2D eigenvalue weighted by Gasteiger charge is 2.42. The zero-order valence-electron chi connectivity index (χ0n) is 14.6. The van der Waals surface area contributed by atoms with E-state index in [2.05, 4.69) is 15.4 Å². The maximum Gasteiger partial charge on any atom is 0.339 e. The number of ether oxygens (including phenoxy) is 1. The van der Waals surface area contributed by atoms with Crippen LogP contribution in [0.15, 0.2) is 24.3 Å². The van der Waals surface area contributed by atoms with Gasteiger partial charge in [0.25, 0.3) is 0 Å². The van der Waals surface area contributed by atoms with Gasteiger partial charge < -0.3 is 15.4 Å². The van der Waals surface area contributed by atoms with E-state index >= 15 is 0 Å². The molecular formula is C19H24N2O4. The molecular weight excluding hydrogens is 320 g/mol. The molecule has 4 unspecified atom stereocenters. The topological polar surface area (TPSA) is 84.5 Å². The number of esters is 1. The second kappa shape index (κ2) is 7.25. The van der Waals surface area contributed by atoms with E-state index in [1.807, 2.05) is 6.92 Å². The summed E-state index contributed by atoms with van der Waals surface area (Å²) in [5.74, 6) is -0.0932. The minimum Gasteiger partial charge on any atom is -0.465 e. The molecule has 0 saturated heterocycles. The van der Waals surface area contributed by atoms with Gasteiger partial charge in [-0.3, -0.25) is 9.59 Å². The molecule has 6 heteroatoms. The molecule has 3 rings (SSSR count). The molecule has 2 aliphatic carbocycles. The highest BCUT2D eigenvalue weighted by molar-refractivity contribution is 6.40. The molecule has 0 aromatic heterocycles. The van der Waals surface area contributed by atoms with Crippen LogP contribution in [0.2, 0.25) is 0 Å².